The molecular formula is C19H26N2O5. The number of piperidine rings is 2. The quantitative estimate of drug-likeness (QED) is 0.814. The van der Waals surface area contributed by atoms with Gasteiger partial charge in [-0.3, -0.25) is 9.59 Å². The van der Waals surface area contributed by atoms with Crippen molar-refractivity contribution in [3.05, 3.63) is 24.3 Å². The van der Waals surface area contributed by atoms with E-state index in [2.05, 4.69) is 5.32 Å². The van der Waals surface area contributed by atoms with Crippen molar-refractivity contribution in [3.8, 4) is 11.5 Å². The zero-order valence-electron chi connectivity index (χ0n) is 15.1. The summed E-state index contributed by atoms with van der Waals surface area (Å²) in [6.45, 7) is 3.71. The van der Waals surface area contributed by atoms with Crippen LogP contribution in [0.3, 0.4) is 0 Å². The number of hydrogen-bond donors (Lipinski definition) is 2. The molecule has 2 atom stereocenters. The van der Waals surface area contributed by atoms with E-state index in [1.165, 1.54) is 0 Å². The van der Waals surface area contributed by atoms with Gasteiger partial charge in [-0.05, 0) is 50.5 Å². The number of amides is 2. The van der Waals surface area contributed by atoms with Gasteiger partial charge >= 0.3 is 0 Å². The second-order valence-corrected chi connectivity index (χ2v) is 6.83. The van der Waals surface area contributed by atoms with E-state index in [0.29, 0.717) is 38.3 Å². The number of benzene rings is 1. The van der Waals surface area contributed by atoms with Crippen molar-refractivity contribution in [2.45, 2.75) is 32.3 Å². The Labute approximate surface area is 153 Å². The molecule has 0 bridgehead atoms. The fourth-order valence-corrected chi connectivity index (χ4v) is 3.69. The van der Waals surface area contributed by atoms with E-state index in [9.17, 15) is 14.7 Å². The predicted octanol–water partition coefficient (Wildman–Crippen LogP) is 0.954. The summed E-state index contributed by atoms with van der Waals surface area (Å²) in [6.07, 6.45) is 1.11. The summed E-state index contributed by atoms with van der Waals surface area (Å²) in [6, 6.07) is 7.10. The van der Waals surface area contributed by atoms with Crippen molar-refractivity contribution in [1.82, 2.24) is 10.2 Å². The molecule has 2 N–H and O–H groups in total. The number of carbonyl (C=O) groups is 2. The molecule has 1 spiro atoms. The number of rotatable bonds is 5. The largest absolute Gasteiger partial charge is 0.494 e. The van der Waals surface area contributed by atoms with Crippen LogP contribution in [0.2, 0.25) is 0 Å². The molecule has 26 heavy (non-hydrogen) atoms. The average molecular weight is 362 g/mol. The minimum absolute atomic E-state index is 0.0955. The zero-order chi connectivity index (χ0) is 18.6. The molecule has 142 valence electrons. The first-order valence-corrected chi connectivity index (χ1v) is 9.15. The third kappa shape index (κ3) is 3.77. The maximum Gasteiger partial charge on any atom is 0.260 e. The number of likely N-dealkylation sites (tertiary alicyclic amines) is 1. The summed E-state index contributed by atoms with van der Waals surface area (Å²) >= 11 is 0. The first kappa shape index (κ1) is 18.5. The highest BCUT2D eigenvalue weighted by atomic mass is 16.5. The molecule has 2 aliphatic rings. The van der Waals surface area contributed by atoms with Crippen LogP contribution in [-0.2, 0) is 9.59 Å². The summed E-state index contributed by atoms with van der Waals surface area (Å²) in [4.78, 5) is 26.5. The summed E-state index contributed by atoms with van der Waals surface area (Å²) in [5.74, 6) is 1.01. The van der Waals surface area contributed by atoms with E-state index < -0.39 is 11.5 Å². The lowest BCUT2D eigenvalue weighted by molar-refractivity contribution is -0.155. The van der Waals surface area contributed by atoms with E-state index in [4.69, 9.17) is 9.47 Å². The third-order valence-corrected chi connectivity index (χ3v) is 5.17. The standard InChI is InChI=1S/C19H26N2O5/c1-2-25-14-4-6-15(7-5-14)26-12-17(23)21-11-8-16(22)19(13-21)9-3-10-20-18(19)24/h4-7,16,22H,2-3,8-13H2,1H3,(H,20,24)/t16-,19+/m0/s1. The lowest BCUT2D eigenvalue weighted by atomic mass is 9.71. The van der Waals surface area contributed by atoms with Crippen LogP contribution in [-0.4, -0.2) is 60.8 Å². The van der Waals surface area contributed by atoms with Crippen LogP contribution in [0.4, 0.5) is 0 Å². The van der Waals surface area contributed by atoms with Gasteiger partial charge in [0.1, 0.15) is 11.5 Å². The van der Waals surface area contributed by atoms with Crippen molar-refractivity contribution in [2.24, 2.45) is 5.41 Å². The summed E-state index contributed by atoms with van der Waals surface area (Å²) < 4.78 is 10.9. The third-order valence-electron chi connectivity index (χ3n) is 5.17. The molecule has 7 heteroatoms. The van der Waals surface area contributed by atoms with Gasteiger partial charge in [-0.25, -0.2) is 0 Å². The molecule has 0 radical (unpaired) electrons. The lowest BCUT2D eigenvalue weighted by Crippen LogP contribution is -2.62. The molecule has 0 aliphatic carbocycles. The van der Waals surface area contributed by atoms with Gasteiger partial charge in [0.2, 0.25) is 5.91 Å². The normalized spacial score (nSPS) is 25.7. The van der Waals surface area contributed by atoms with Crippen LogP contribution in [0.1, 0.15) is 26.2 Å². The minimum Gasteiger partial charge on any atom is -0.494 e. The highest BCUT2D eigenvalue weighted by molar-refractivity contribution is 5.86. The molecule has 7 nitrogen and oxygen atoms in total. The molecular weight excluding hydrogens is 336 g/mol. The molecule has 2 heterocycles. The molecule has 2 aliphatic heterocycles. The SMILES string of the molecule is CCOc1ccc(OCC(=O)N2CC[C@H](O)[C@@]3(CCCNC3=O)C2)cc1. The van der Waals surface area contributed by atoms with Gasteiger partial charge in [0.05, 0.1) is 18.1 Å². The molecule has 2 saturated heterocycles. The number of aliphatic hydroxyl groups is 1. The van der Waals surface area contributed by atoms with Gasteiger partial charge in [-0.2, -0.15) is 0 Å². The van der Waals surface area contributed by atoms with Gasteiger partial charge in [0, 0.05) is 19.6 Å². The van der Waals surface area contributed by atoms with E-state index in [1.807, 2.05) is 6.92 Å². The highest BCUT2D eigenvalue weighted by Gasteiger charge is 2.50. The van der Waals surface area contributed by atoms with Crippen LogP contribution in [0.5, 0.6) is 11.5 Å². The van der Waals surface area contributed by atoms with Gasteiger partial charge in [0.15, 0.2) is 6.61 Å². The Morgan fingerprint density at radius 1 is 1.31 bits per heavy atom. The molecule has 3 rings (SSSR count). The van der Waals surface area contributed by atoms with E-state index in [-0.39, 0.29) is 25.0 Å². The molecule has 0 aromatic heterocycles. The second kappa shape index (κ2) is 7.95. The molecule has 0 unspecified atom stereocenters. The molecule has 2 fully saturated rings. The van der Waals surface area contributed by atoms with Crippen molar-refractivity contribution in [1.29, 1.82) is 0 Å². The van der Waals surface area contributed by atoms with E-state index in [0.717, 1.165) is 12.2 Å². The first-order valence-electron chi connectivity index (χ1n) is 9.15. The fraction of sp³-hybridized carbons (Fsp3) is 0.579. The average Bonchev–Trinajstić information content (AvgIpc) is 2.65. The Balaban J connectivity index is 1.58. The Kier molecular flexibility index (Phi) is 5.66. The van der Waals surface area contributed by atoms with Gasteiger partial charge in [-0.1, -0.05) is 0 Å². The zero-order valence-corrected chi connectivity index (χ0v) is 15.1. The first-order chi connectivity index (χ1) is 12.5. The van der Waals surface area contributed by atoms with Gasteiger partial charge in [0.25, 0.3) is 5.91 Å². The number of nitrogens with zero attached hydrogens (tertiary/aromatic N) is 1. The number of carbonyl (C=O) groups excluding carboxylic acids is 2. The van der Waals surface area contributed by atoms with Crippen LogP contribution < -0.4 is 14.8 Å². The molecule has 1 aromatic rings. The predicted molar refractivity (Wildman–Crippen MR) is 95.0 cm³/mol. The number of nitrogens with one attached hydrogen (secondary N) is 1. The Morgan fingerprint density at radius 3 is 2.65 bits per heavy atom. The minimum atomic E-state index is -0.884. The smallest absolute Gasteiger partial charge is 0.260 e. The number of aliphatic hydroxyl groups excluding tert-OH is 1. The number of hydrogen-bond acceptors (Lipinski definition) is 5. The maximum absolute atomic E-state index is 12.5. The summed E-state index contributed by atoms with van der Waals surface area (Å²) in [7, 11) is 0. The Morgan fingerprint density at radius 2 is 2.00 bits per heavy atom. The van der Waals surface area contributed by atoms with Crippen molar-refractivity contribution >= 4 is 11.8 Å². The summed E-state index contributed by atoms with van der Waals surface area (Å²) in [5.41, 5.74) is -0.884. The number of ether oxygens (including phenoxy) is 2. The van der Waals surface area contributed by atoms with Crippen LogP contribution in [0, 0.1) is 5.41 Å². The van der Waals surface area contributed by atoms with Crippen molar-refractivity contribution in [2.75, 3.05) is 32.8 Å². The Hall–Kier alpha value is -2.28. The van der Waals surface area contributed by atoms with Gasteiger partial charge in [-0.15, -0.1) is 0 Å². The lowest BCUT2D eigenvalue weighted by Gasteiger charge is -2.46. The second-order valence-electron chi connectivity index (χ2n) is 6.83. The topological polar surface area (TPSA) is 88.1 Å². The molecule has 1 aromatic carbocycles. The van der Waals surface area contributed by atoms with E-state index >= 15 is 0 Å². The molecule has 0 saturated carbocycles. The Bertz CT molecular complexity index is 648. The molecule has 2 amide bonds. The monoisotopic (exact) mass is 362 g/mol. The van der Waals surface area contributed by atoms with Crippen LogP contribution in [0.15, 0.2) is 24.3 Å². The van der Waals surface area contributed by atoms with Crippen LogP contribution >= 0.6 is 0 Å². The summed E-state index contributed by atoms with van der Waals surface area (Å²) in [5, 5.41) is 13.2. The van der Waals surface area contributed by atoms with Gasteiger partial charge < -0.3 is 24.8 Å². The van der Waals surface area contributed by atoms with Crippen LogP contribution in [0.25, 0.3) is 0 Å². The maximum atomic E-state index is 12.5. The fourth-order valence-electron chi connectivity index (χ4n) is 3.69. The van der Waals surface area contributed by atoms with E-state index in [1.54, 1.807) is 29.2 Å². The van der Waals surface area contributed by atoms with Crippen molar-refractivity contribution < 1.29 is 24.2 Å². The van der Waals surface area contributed by atoms with Crippen molar-refractivity contribution in [3.63, 3.8) is 0 Å². The highest BCUT2D eigenvalue weighted by Crippen LogP contribution is 2.37.